The number of hydrogen-bond donors (Lipinski definition) is 0. The van der Waals surface area contributed by atoms with Gasteiger partial charge in [0.05, 0.1) is 23.4 Å². The number of carbonyl (C=O) groups excluding carboxylic acids is 1. The lowest BCUT2D eigenvalue weighted by molar-refractivity contribution is -0.160. The first-order valence-corrected chi connectivity index (χ1v) is 10.5. The molecule has 1 aromatic heterocycles. The molecule has 0 radical (unpaired) electrons. The van der Waals surface area contributed by atoms with Crippen molar-refractivity contribution in [3.63, 3.8) is 0 Å². The lowest BCUT2D eigenvalue weighted by atomic mass is 9.77. The van der Waals surface area contributed by atoms with E-state index in [0.29, 0.717) is 26.2 Å². The Morgan fingerprint density at radius 3 is 2.79 bits per heavy atom. The molecule has 0 amide bonds. The van der Waals surface area contributed by atoms with Crippen LogP contribution in [0.5, 0.6) is 0 Å². The number of carbonyl (C=O) groups is 1. The molecule has 1 aromatic carbocycles. The largest absolute Gasteiger partial charge is 0.466 e. The molecule has 1 aliphatic rings. The molecule has 6 heteroatoms. The van der Waals surface area contributed by atoms with Crippen LogP contribution in [0.4, 0.5) is 0 Å². The third-order valence-corrected chi connectivity index (χ3v) is 5.72. The SMILES string of the molecule is CCOC(=O)C1(CCOC)CCCN(Cc2cccc(-n3nc(C)cc3C)c2)C1. The number of ether oxygens (including phenoxy) is 2. The van der Waals surface area contributed by atoms with E-state index in [1.807, 2.05) is 18.5 Å². The summed E-state index contributed by atoms with van der Waals surface area (Å²) in [6, 6.07) is 10.6. The van der Waals surface area contributed by atoms with E-state index in [0.717, 1.165) is 43.0 Å². The maximum Gasteiger partial charge on any atom is 0.313 e. The Balaban J connectivity index is 1.76. The fraction of sp³-hybridized carbons (Fsp3) is 0.565. The molecule has 1 atom stereocenters. The summed E-state index contributed by atoms with van der Waals surface area (Å²) in [6.07, 6.45) is 2.54. The average molecular weight is 400 g/mol. The van der Waals surface area contributed by atoms with Gasteiger partial charge in [0.25, 0.3) is 0 Å². The van der Waals surface area contributed by atoms with Crippen molar-refractivity contribution in [1.29, 1.82) is 0 Å². The van der Waals surface area contributed by atoms with E-state index in [1.54, 1.807) is 7.11 Å². The van der Waals surface area contributed by atoms with Gasteiger partial charge in [-0.2, -0.15) is 5.10 Å². The van der Waals surface area contributed by atoms with Gasteiger partial charge in [-0.3, -0.25) is 9.69 Å². The van der Waals surface area contributed by atoms with Gasteiger partial charge in [0.2, 0.25) is 0 Å². The molecule has 3 rings (SSSR count). The molecule has 29 heavy (non-hydrogen) atoms. The minimum Gasteiger partial charge on any atom is -0.466 e. The van der Waals surface area contributed by atoms with E-state index in [-0.39, 0.29) is 5.97 Å². The van der Waals surface area contributed by atoms with Crippen LogP contribution in [-0.4, -0.2) is 54.1 Å². The van der Waals surface area contributed by atoms with Crippen LogP contribution in [0.3, 0.4) is 0 Å². The summed E-state index contributed by atoms with van der Waals surface area (Å²) in [5.41, 5.74) is 3.96. The van der Waals surface area contributed by atoms with Crippen LogP contribution in [0.2, 0.25) is 0 Å². The molecule has 2 heterocycles. The zero-order valence-corrected chi connectivity index (χ0v) is 18.1. The van der Waals surface area contributed by atoms with Crippen LogP contribution in [-0.2, 0) is 20.8 Å². The van der Waals surface area contributed by atoms with E-state index in [9.17, 15) is 4.79 Å². The molecule has 0 spiro atoms. The van der Waals surface area contributed by atoms with Crippen LogP contribution >= 0.6 is 0 Å². The monoisotopic (exact) mass is 399 g/mol. The van der Waals surface area contributed by atoms with Crippen LogP contribution in [0, 0.1) is 19.3 Å². The van der Waals surface area contributed by atoms with E-state index in [2.05, 4.69) is 47.3 Å². The van der Waals surface area contributed by atoms with Crippen LogP contribution in [0.15, 0.2) is 30.3 Å². The lowest BCUT2D eigenvalue weighted by Gasteiger charge is -2.41. The number of likely N-dealkylation sites (tertiary alicyclic amines) is 1. The molecule has 0 bridgehead atoms. The summed E-state index contributed by atoms with van der Waals surface area (Å²) >= 11 is 0. The van der Waals surface area contributed by atoms with Crippen molar-refractivity contribution in [2.24, 2.45) is 5.41 Å². The van der Waals surface area contributed by atoms with Crippen LogP contribution < -0.4 is 0 Å². The zero-order chi connectivity index (χ0) is 20.9. The summed E-state index contributed by atoms with van der Waals surface area (Å²) in [6.45, 7) is 9.43. The van der Waals surface area contributed by atoms with Crippen molar-refractivity contribution in [3.05, 3.63) is 47.3 Å². The zero-order valence-electron chi connectivity index (χ0n) is 18.1. The summed E-state index contributed by atoms with van der Waals surface area (Å²) < 4.78 is 12.7. The number of esters is 1. The minimum absolute atomic E-state index is 0.0851. The normalized spacial score (nSPS) is 20.0. The van der Waals surface area contributed by atoms with Crippen molar-refractivity contribution in [2.45, 2.75) is 46.6 Å². The van der Waals surface area contributed by atoms with Gasteiger partial charge in [-0.25, -0.2) is 4.68 Å². The Morgan fingerprint density at radius 2 is 2.10 bits per heavy atom. The van der Waals surface area contributed by atoms with Crippen LogP contribution in [0.1, 0.15) is 43.1 Å². The Morgan fingerprint density at radius 1 is 1.28 bits per heavy atom. The molecule has 158 valence electrons. The molecule has 2 aromatic rings. The fourth-order valence-corrected chi connectivity index (χ4v) is 4.35. The topological polar surface area (TPSA) is 56.6 Å². The second-order valence-electron chi connectivity index (χ2n) is 8.07. The number of rotatable bonds is 8. The van der Waals surface area contributed by atoms with Gasteiger partial charge in [0.15, 0.2) is 0 Å². The van der Waals surface area contributed by atoms with Crippen molar-refractivity contribution >= 4 is 5.97 Å². The van der Waals surface area contributed by atoms with Gasteiger partial charge in [-0.15, -0.1) is 0 Å². The van der Waals surface area contributed by atoms with Gasteiger partial charge in [-0.1, -0.05) is 12.1 Å². The highest BCUT2D eigenvalue weighted by Crippen LogP contribution is 2.36. The van der Waals surface area contributed by atoms with Gasteiger partial charge in [0.1, 0.15) is 0 Å². The van der Waals surface area contributed by atoms with Gasteiger partial charge in [0, 0.05) is 32.5 Å². The maximum absolute atomic E-state index is 12.8. The van der Waals surface area contributed by atoms with Crippen molar-refractivity contribution in [3.8, 4) is 5.69 Å². The number of nitrogens with zero attached hydrogens (tertiary/aromatic N) is 3. The van der Waals surface area contributed by atoms with Gasteiger partial charge in [-0.05, 0) is 70.3 Å². The summed E-state index contributed by atoms with van der Waals surface area (Å²) in [5, 5.41) is 4.60. The predicted octanol–water partition coefficient (Wildman–Crippen LogP) is 3.67. The molecule has 0 saturated carbocycles. The Hall–Kier alpha value is -2.18. The Bertz CT molecular complexity index is 833. The minimum atomic E-state index is -0.475. The highest BCUT2D eigenvalue weighted by atomic mass is 16.5. The second kappa shape index (κ2) is 9.55. The maximum atomic E-state index is 12.8. The quantitative estimate of drug-likeness (QED) is 0.634. The number of methoxy groups -OCH3 is 1. The Kier molecular flexibility index (Phi) is 7.09. The first-order chi connectivity index (χ1) is 14.0. The van der Waals surface area contributed by atoms with E-state index >= 15 is 0 Å². The molecule has 6 nitrogen and oxygen atoms in total. The van der Waals surface area contributed by atoms with Gasteiger partial charge < -0.3 is 9.47 Å². The standard InChI is InChI=1S/C23H33N3O3/c1-5-29-22(27)23(11-13-28-4)10-7-12-25(17-23)16-20-8-6-9-21(15-20)26-19(3)14-18(2)24-26/h6,8-9,14-15H,5,7,10-13,16-17H2,1-4H3. The number of aryl methyl sites for hydroxylation is 2. The van der Waals surface area contributed by atoms with Crippen LogP contribution in [0.25, 0.3) is 5.69 Å². The number of aromatic nitrogens is 2. The number of piperidine rings is 1. The molecule has 1 unspecified atom stereocenters. The molecule has 1 aliphatic heterocycles. The summed E-state index contributed by atoms with van der Waals surface area (Å²) in [5.74, 6) is -0.0851. The predicted molar refractivity (Wildman–Crippen MR) is 113 cm³/mol. The molecular formula is C23H33N3O3. The summed E-state index contributed by atoms with van der Waals surface area (Å²) in [4.78, 5) is 15.2. The summed E-state index contributed by atoms with van der Waals surface area (Å²) in [7, 11) is 1.68. The highest BCUT2D eigenvalue weighted by Gasteiger charge is 2.43. The molecule has 0 N–H and O–H groups in total. The Labute approximate surface area is 173 Å². The van der Waals surface area contributed by atoms with Crippen molar-refractivity contribution in [1.82, 2.24) is 14.7 Å². The third-order valence-electron chi connectivity index (χ3n) is 5.72. The number of hydrogen-bond acceptors (Lipinski definition) is 5. The third kappa shape index (κ3) is 5.06. The number of benzene rings is 1. The smallest absolute Gasteiger partial charge is 0.313 e. The fourth-order valence-electron chi connectivity index (χ4n) is 4.35. The average Bonchev–Trinajstić information content (AvgIpc) is 3.05. The molecule has 1 saturated heterocycles. The lowest BCUT2D eigenvalue weighted by Crippen LogP contribution is -2.48. The van der Waals surface area contributed by atoms with Crippen molar-refractivity contribution in [2.75, 3.05) is 33.4 Å². The van der Waals surface area contributed by atoms with E-state index in [1.165, 1.54) is 5.56 Å². The highest BCUT2D eigenvalue weighted by molar-refractivity contribution is 5.77. The molecule has 1 fully saturated rings. The first kappa shape index (κ1) is 21.5. The second-order valence-corrected chi connectivity index (χ2v) is 8.07. The van der Waals surface area contributed by atoms with E-state index < -0.39 is 5.41 Å². The van der Waals surface area contributed by atoms with E-state index in [4.69, 9.17) is 9.47 Å². The first-order valence-electron chi connectivity index (χ1n) is 10.5. The van der Waals surface area contributed by atoms with Gasteiger partial charge >= 0.3 is 5.97 Å². The molecular weight excluding hydrogens is 366 g/mol. The molecule has 0 aliphatic carbocycles. The van der Waals surface area contributed by atoms with Crippen molar-refractivity contribution < 1.29 is 14.3 Å².